The highest BCUT2D eigenvalue weighted by Crippen LogP contribution is 2.31. The second kappa shape index (κ2) is 4.97. The Morgan fingerprint density at radius 1 is 1.22 bits per heavy atom. The summed E-state index contributed by atoms with van der Waals surface area (Å²) in [5.74, 6) is 2.51. The molecule has 2 aromatic rings. The summed E-state index contributed by atoms with van der Waals surface area (Å²) in [7, 11) is 1.62. The lowest BCUT2D eigenvalue weighted by Crippen LogP contribution is -1.83. The maximum Gasteiger partial charge on any atom is 0.152 e. The smallest absolute Gasteiger partial charge is 0.152 e. The van der Waals surface area contributed by atoms with Crippen molar-refractivity contribution < 1.29 is 9.15 Å². The second-order valence-electron chi connectivity index (χ2n) is 4.39. The first-order valence-electron chi connectivity index (χ1n) is 5.84. The molecule has 0 saturated carbocycles. The summed E-state index contributed by atoms with van der Waals surface area (Å²) >= 11 is 0. The molecule has 3 nitrogen and oxygen atoms in total. The first kappa shape index (κ1) is 12.3. The lowest BCUT2D eigenvalue weighted by Gasteiger charge is -2.02. The Hall–Kier alpha value is -2.21. The van der Waals surface area contributed by atoms with Gasteiger partial charge in [0, 0.05) is 11.5 Å². The number of hydrogen-bond donors (Lipinski definition) is 0. The summed E-state index contributed by atoms with van der Waals surface area (Å²) in [5.41, 5.74) is 1.46. The monoisotopic (exact) mass is 241 g/mol. The Labute approximate surface area is 107 Å². The van der Waals surface area contributed by atoms with Crippen LogP contribution in [0.1, 0.15) is 31.1 Å². The summed E-state index contributed by atoms with van der Waals surface area (Å²) in [6, 6.07) is 11.5. The average Bonchev–Trinajstić information content (AvgIpc) is 2.83. The summed E-state index contributed by atoms with van der Waals surface area (Å²) in [6.07, 6.45) is 0. The summed E-state index contributed by atoms with van der Waals surface area (Å²) in [4.78, 5) is 0. The number of methoxy groups -OCH3 is 1. The van der Waals surface area contributed by atoms with Crippen molar-refractivity contribution in [2.45, 2.75) is 19.8 Å². The molecule has 1 aromatic heterocycles. The van der Waals surface area contributed by atoms with E-state index in [1.807, 2.05) is 44.2 Å². The first-order chi connectivity index (χ1) is 8.65. The molecule has 1 heterocycles. The molecule has 3 heteroatoms. The summed E-state index contributed by atoms with van der Waals surface area (Å²) < 4.78 is 10.9. The van der Waals surface area contributed by atoms with Crippen molar-refractivity contribution in [2.24, 2.45) is 0 Å². The molecule has 0 radical (unpaired) electrons. The highest BCUT2D eigenvalue weighted by molar-refractivity contribution is 5.66. The van der Waals surface area contributed by atoms with E-state index in [9.17, 15) is 0 Å². The molecular weight excluding hydrogens is 226 g/mol. The van der Waals surface area contributed by atoms with Crippen molar-refractivity contribution in [3.8, 4) is 23.1 Å². The zero-order valence-corrected chi connectivity index (χ0v) is 10.7. The van der Waals surface area contributed by atoms with E-state index in [-0.39, 0.29) is 5.92 Å². The Kier molecular flexibility index (Phi) is 3.38. The van der Waals surface area contributed by atoms with E-state index in [2.05, 4.69) is 6.07 Å². The van der Waals surface area contributed by atoms with Gasteiger partial charge in [0.25, 0.3) is 0 Å². The topological polar surface area (TPSA) is 46.2 Å². The molecule has 0 bridgehead atoms. The number of benzene rings is 1. The largest absolute Gasteiger partial charge is 0.497 e. The number of ether oxygens (including phenoxy) is 1. The van der Waals surface area contributed by atoms with Gasteiger partial charge in [0.1, 0.15) is 17.6 Å². The second-order valence-corrected chi connectivity index (χ2v) is 4.39. The molecule has 0 fully saturated rings. The minimum Gasteiger partial charge on any atom is -0.497 e. The Bertz CT molecular complexity index is 574. The third-order valence-corrected chi connectivity index (χ3v) is 2.79. The fourth-order valence-electron chi connectivity index (χ4n) is 1.73. The van der Waals surface area contributed by atoms with Gasteiger partial charge in [0.05, 0.1) is 12.7 Å². The molecule has 0 atom stereocenters. The molecule has 0 aliphatic carbocycles. The summed E-state index contributed by atoms with van der Waals surface area (Å²) in [6.45, 7) is 4.08. The van der Waals surface area contributed by atoms with Crippen LogP contribution in [0, 0.1) is 11.3 Å². The Morgan fingerprint density at radius 2 is 1.89 bits per heavy atom. The molecule has 92 valence electrons. The van der Waals surface area contributed by atoms with E-state index >= 15 is 0 Å². The van der Waals surface area contributed by atoms with E-state index in [0.29, 0.717) is 11.3 Å². The van der Waals surface area contributed by atoms with Crippen LogP contribution in [0.2, 0.25) is 0 Å². The van der Waals surface area contributed by atoms with E-state index < -0.39 is 0 Å². The lowest BCUT2D eigenvalue weighted by molar-refractivity contribution is 0.415. The zero-order chi connectivity index (χ0) is 13.1. The molecule has 0 aliphatic rings. The molecule has 2 rings (SSSR count). The van der Waals surface area contributed by atoms with Gasteiger partial charge in [-0.1, -0.05) is 13.8 Å². The van der Waals surface area contributed by atoms with E-state index in [1.54, 1.807) is 7.11 Å². The van der Waals surface area contributed by atoms with Crippen LogP contribution < -0.4 is 4.74 Å². The zero-order valence-electron chi connectivity index (χ0n) is 10.7. The van der Waals surface area contributed by atoms with Crippen molar-refractivity contribution >= 4 is 0 Å². The minimum absolute atomic E-state index is 0.268. The fourth-order valence-corrected chi connectivity index (χ4v) is 1.73. The van der Waals surface area contributed by atoms with Gasteiger partial charge in [-0.3, -0.25) is 0 Å². The van der Waals surface area contributed by atoms with Gasteiger partial charge in [-0.25, -0.2) is 0 Å². The Morgan fingerprint density at radius 3 is 2.39 bits per heavy atom. The molecule has 0 amide bonds. The van der Waals surface area contributed by atoms with E-state index in [4.69, 9.17) is 14.4 Å². The standard InChI is InChI=1S/C15H15NO2/c1-10(2)14-8-12(9-16)15(18-14)11-4-6-13(17-3)7-5-11/h4-8,10H,1-3H3. The number of hydrogen-bond acceptors (Lipinski definition) is 3. The number of nitriles is 1. The maximum absolute atomic E-state index is 9.14. The highest BCUT2D eigenvalue weighted by Gasteiger charge is 2.14. The predicted octanol–water partition coefficient (Wildman–Crippen LogP) is 3.95. The molecule has 1 aromatic carbocycles. The van der Waals surface area contributed by atoms with Gasteiger partial charge in [0.15, 0.2) is 5.76 Å². The quantitative estimate of drug-likeness (QED) is 0.817. The van der Waals surface area contributed by atoms with Crippen molar-refractivity contribution in [2.75, 3.05) is 7.11 Å². The van der Waals surface area contributed by atoms with Gasteiger partial charge in [0.2, 0.25) is 0 Å². The number of furan rings is 1. The van der Waals surface area contributed by atoms with E-state index in [1.165, 1.54) is 0 Å². The third kappa shape index (κ3) is 2.23. The van der Waals surface area contributed by atoms with Crippen LogP contribution >= 0.6 is 0 Å². The molecule has 18 heavy (non-hydrogen) atoms. The highest BCUT2D eigenvalue weighted by atomic mass is 16.5. The van der Waals surface area contributed by atoms with Crippen LogP contribution in [-0.2, 0) is 0 Å². The lowest BCUT2D eigenvalue weighted by atomic mass is 10.1. The minimum atomic E-state index is 0.268. The molecule has 0 spiro atoms. The van der Waals surface area contributed by atoms with Crippen LogP contribution in [0.3, 0.4) is 0 Å². The molecular formula is C15H15NO2. The van der Waals surface area contributed by atoms with Crippen LogP contribution in [0.25, 0.3) is 11.3 Å². The normalized spacial score (nSPS) is 10.4. The number of rotatable bonds is 3. The van der Waals surface area contributed by atoms with Crippen molar-refractivity contribution in [1.29, 1.82) is 5.26 Å². The molecule has 0 aliphatic heterocycles. The molecule has 0 unspecified atom stereocenters. The number of nitrogens with zero attached hydrogens (tertiary/aromatic N) is 1. The average molecular weight is 241 g/mol. The van der Waals surface area contributed by atoms with Crippen molar-refractivity contribution in [3.05, 3.63) is 41.7 Å². The van der Waals surface area contributed by atoms with Crippen molar-refractivity contribution in [1.82, 2.24) is 0 Å². The van der Waals surface area contributed by atoms with Crippen LogP contribution in [0.15, 0.2) is 34.7 Å². The third-order valence-electron chi connectivity index (χ3n) is 2.79. The SMILES string of the molecule is COc1ccc(-c2oc(C(C)C)cc2C#N)cc1. The van der Waals surface area contributed by atoms with Crippen LogP contribution in [0.5, 0.6) is 5.75 Å². The van der Waals surface area contributed by atoms with E-state index in [0.717, 1.165) is 17.1 Å². The molecule has 0 saturated heterocycles. The Balaban J connectivity index is 2.46. The van der Waals surface area contributed by atoms with Crippen LogP contribution in [0.4, 0.5) is 0 Å². The van der Waals surface area contributed by atoms with Gasteiger partial charge in [-0.2, -0.15) is 5.26 Å². The van der Waals surface area contributed by atoms with Crippen LogP contribution in [-0.4, -0.2) is 7.11 Å². The van der Waals surface area contributed by atoms with Gasteiger partial charge >= 0.3 is 0 Å². The van der Waals surface area contributed by atoms with Crippen molar-refractivity contribution in [3.63, 3.8) is 0 Å². The van der Waals surface area contributed by atoms with Gasteiger partial charge in [-0.05, 0) is 30.3 Å². The first-order valence-corrected chi connectivity index (χ1v) is 5.84. The van der Waals surface area contributed by atoms with Gasteiger partial charge < -0.3 is 9.15 Å². The predicted molar refractivity (Wildman–Crippen MR) is 69.5 cm³/mol. The maximum atomic E-state index is 9.14. The van der Waals surface area contributed by atoms with Gasteiger partial charge in [-0.15, -0.1) is 0 Å². The fraction of sp³-hybridized carbons (Fsp3) is 0.267. The summed E-state index contributed by atoms with van der Waals surface area (Å²) in [5, 5.41) is 9.14. The molecule has 0 N–H and O–H groups in total.